The molecule has 6 heteroatoms. The van der Waals surface area contributed by atoms with Crippen LogP contribution in [0.25, 0.3) is 10.9 Å². The number of anilines is 2. The van der Waals surface area contributed by atoms with Gasteiger partial charge in [-0.2, -0.15) is 0 Å². The topological polar surface area (TPSA) is 77.0 Å². The van der Waals surface area contributed by atoms with Crippen LogP contribution in [0.1, 0.15) is 5.76 Å². The summed E-state index contributed by atoms with van der Waals surface area (Å²) >= 11 is 3.46. The van der Waals surface area contributed by atoms with Gasteiger partial charge in [-0.25, -0.2) is 0 Å². The molecule has 0 spiro atoms. The summed E-state index contributed by atoms with van der Waals surface area (Å²) in [4.78, 5) is 4.31. The van der Waals surface area contributed by atoms with Crippen molar-refractivity contribution in [3.63, 3.8) is 0 Å². The number of hydrogen-bond donors (Lipinski definition) is 2. The van der Waals surface area contributed by atoms with Gasteiger partial charge in [-0.15, -0.1) is 0 Å². The molecule has 0 radical (unpaired) electrons. The van der Waals surface area contributed by atoms with Gasteiger partial charge in [-0.05, 0) is 18.2 Å². The molecule has 2 heterocycles. The molecule has 2 aromatic heterocycles. The third-order valence-corrected chi connectivity index (χ3v) is 3.28. The van der Waals surface area contributed by atoms with Crippen LogP contribution >= 0.6 is 15.9 Å². The van der Waals surface area contributed by atoms with Gasteiger partial charge in [0.05, 0.1) is 35.8 Å². The summed E-state index contributed by atoms with van der Waals surface area (Å²) in [5.41, 5.74) is 8.33. The number of rotatable bonds is 3. The Morgan fingerprint density at radius 3 is 3.00 bits per heavy atom. The van der Waals surface area contributed by atoms with Crippen LogP contribution in [-0.4, -0.2) is 10.1 Å². The number of halogens is 1. The number of nitrogens with one attached hydrogen (secondary N) is 1. The molecule has 0 unspecified atom stereocenters. The van der Waals surface area contributed by atoms with E-state index in [2.05, 4.69) is 31.4 Å². The van der Waals surface area contributed by atoms with E-state index in [0.717, 1.165) is 26.8 Å². The second-order valence-electron chi connectivity index (χ2n) is 4.08. The van der Waals surface area contributed by atoms with Crippen molar-refractivity contribution in [2.75, 3.05) is 11.1 Å². The first-order chi connectivity index (χ1) is 9.24. The summed E-state index contributed by atoms with van der Waals surface area (Å²) in [6.45, 7) is 0.524. The lowest BCUT2D eigenvalue weighted by Gasteiger charge is -2.11. The van der Waals surface area contributed by atoms with Crippen LogP contribution in [0.5, 0.6) is 0 Å². The SMILES string of the molecule is Nc1cnc2ccc(Br)cc2c1NCc1ccno1. The molecule has 0 bridgehead atoms. The molecule has 1 aromatic carbocycles. The maximum Gasteiger partial charge on any atom is 0.155 e. The number of benzene rings is 1. The van der Waals surface area contributed by atoms with Gasteiger partial charge in [0, 0.05) is 15.9 Å². The number of nitrogens with two attached hydrogens (primary N) is 1. The maximum atomic E-state index is 5.99. The molecule has 0 saturated carbocycles. The second-order valence-corrected chi connectivity index (χ2v) is 5.00. The van der Waals surface area contributed by atoms with E-state index < -0.39 is 0 Å². The number of hydrogen-bond acceptors (Lipinski definition) is 5. The Labute approximate surface area is 117 Å². The molecule has 3 rings (SSSR count). The summed E-state index contributed by atoms with van der Waals surface area (Å²) in [5.74, 6) is 0.749. The van der Waals surface area contributed by atoms with E-state index in [9.17, 15) is 0 Å². The highest BCUT2D eigenvalue weighted by molar-refractivity contribution is 9.10. The first-order valence-corrected chi connectivity index (χ1v) is 6.50. The van der Waals surface area contributed by atoms with Crippen LogP contribution in [0.15, 0.2) is 45.7 Å². The van der Waals surface area contributed by atoms with Crippen molar-refractivity contribution in [2.45, 2.75) is 6.54 Å². The number of pyridine rings is 1. The lowest BCUT2D eigenvalue weighted by atomic mass is 10.1. The van der Waals surface area contributed by atoms with Gasteiger partial charge >= 0.3 is 0 Å². The quantitative estimate of drug-likeness (QED) is 0.775. The van der Waals surface area contributed by atoms with Gasteiger partial charge in [-0.1, -0.05) is 21.1 Å². The van der Waals surface area contributed by atoms with Gasteiger partial charge in [0.1, 0.15) is 0 Å². The second kappa shape index (κ2) is 4.89. The van der Waals surface area contributed by atoms with Crippen LogP contribution in [0, 0.1) is 0 Å². The molecule has 0 aliphatic rings. The standard InChI is InChI=1S/C13H11BrN4O/c14-8-1-2-12-10(5-8)13(11(15)7-16-12)17-6-9-3-4-18-19-9/h1-5,7H,6,15H2,(H,16,17). The molecule has 96 valence electrons. The summed E-state index contributed by atoms with van der Waals surface area (Å²) in [6.07, 6.45) is 3.26. The smallest absolute Gasteiger partial charge is 0.155 e. The number of aromatic nitrogens is 2. The molecule has 0 amide bonds. The minimum absolute atomic E-state index is 0.524. The molecule has 0 atom stereocenters. The average Bonchev–Trinajstić information content (AvgIpc) is 2.91. The molecule has 0 saturated heterocycles. The Kier molecular flexibility index (Phi) is 3.08. The van der Waals surface area contributed by atoms with Gasteiger partial charge < -0.3 is 15.6 Å². The highest BCUT2D eigenvalue weighted by Gasteiger charge is 2.08. The molecule has 0 aliphatic carbocycles. The summed E-state index contributed by atoms with van der Waals surface area (Å²) < 4.78 is 6.03. The van der Waals surface area contributed by atoms with E-state index >= 15 is 0 Å². The van der Waals surface area contributed by atoms with Crippen molar-refractivity contribution in [3.05, 3.63) is 46.9 Å². The lowest BCUT2D eigenvalue weighted by Crippen LogP contribution is -2.03. The zero-order chi connectivity index (χ0) is 13.2. The van der Waals surface area contributed by atoms with Crippen LogP contribution < -0.4 is 11.1 Å². The fourth-order valence-corrected chi connectivity index (χ4v) is 2.25. The number of nitrogen functional groups attached to an aromatic ring is 1. The van der Waals surface area contributed by atoms with Crippen LogP contribution in [0.3, 0.4) is 0 Å². The first-order valence-electron chi connectivity index (χ1n) is 5.71. The lowest BCUT2D eigenvalue weighted by molar-refractivity contribution is 0.388. The fraction of sp³-hybridized carbons (Fsp3) is 0.0769. The molecule has 3 N–H and O–H groups in total. The highest BCUT2D eigenvalue weighted by Crippen LogP contribution is 2.30. The third kappa shape index (κ3) is 2.39. The molecule has 19 heavy (non-hydrogen) atoms. The van der Waals surface area contributed by atoms with Crippen LogP contribution in [-0.2, 0) is 6.54 Å². The summed E-state index contributed by atoms with van der Waals surface area (Å²) in [5, 5.41) is 7.90. The zero-order valence-electron chi connectivity index (χ0n) is 9.93. The zero-order valence-corrected chi connectivity index (χ0v) is 11.5. The predicted octanol–water partition coefficient (Wildman–Crippen LogP) is 3.18. The number of nitrogens with zero attached hydrogens (tertiary/aromatic N) is 2. The third-order valence-electron chi connectivity index (χ3n) is 2.79. The molecular weight excluding hydrogens is 308 g/mol. The van der Waals surface area contributed by atoms with Crippen molar-refractivity contribution in [2.24, 2.45) is 0 Å². The molecule has 5 nitrogen and oxygen atoms in total. The average molecular weight is 319 g/mol. The minimum Gasteiger partial charge on any atom is -0.396 e. The van der Waals surface area contributed by atoms with Gasteiger partial charge in [0.2, 0.25) is 0 Å². The Hall–Kier alpha value is -2.08. The van der Waals surface area contributed by atoms with Crippen molar-refractivity contribution >= 4 is 38.2 Å². The van der Waals surface area contributed by atoms with Gasteiger partial charge in [0.25, 0.3) is 0 Å². The van der Waals surface area contributed by atoms with E-state index in [1.807, 2.05) is 24.3 Å². The van der Waals surface area contributed by atoms with E-state index in [0.29, 0.717) is 12.2 Å². The molecule has 0 fully saturated rings. The van der Waals surface area contributed by atoms with E-state index in [4.69, 9.17) is 10.3 Å². The largest absolute Gasteiger partial charge is 0.396 e. The predicted molar refractivity (Wildman–Crippen MR) is 77.7 cm³/mol. The van der Waals surface area contributed by atoms with E-state index in [1.54, 1.807) is 12.4 Å². The maximum absolute atomic E-state index is 5.99. The molecule has 3 aromatic rings. The van der Waals surface area contributed by atoms with Crippen molar-refractivity contribution in [1.82, 2.24) is 10.1 Å². The first kappa shape index (κ1) is 12.0. The number of fused-ring (bicyclic) bond motifs is 1. The Balaban J connectivity index is 2.01. The van der Waals surface area contributed by atoms with Crippen LogP contribution in [0.4, 0.5) is 11.4 Å². The fourth-order valence-electron chi connectivity index (χ4n) is 1.89. The molecule has 0 aliphatic heterocycles. The van der Waals surface area contributed by atoms with Gasteiger partial charge in [-0.3, -0.25) is 4.98 Å². The van der Waals surface area contributed by atoms with Crippen LogP contribution in [0.2, 0.25) is 0 Å². The minimum atomic E-state index is 0.524. The van der Waals surface area contributed by atoms with E-state index in [1.165, 1.54) is 0 Å². The van der Waals surface area contributed by atoms with Gasteiger partial charge in [0.15, 0.2) is 5.76 Å². The van der Waals surface area contributed by atoms with Crippen molar-refractivity contribution in [1.29, 1.82) is 0 Å². The van der Waals surface area contributed by atoms with Crippen molar-refractivity contribution in [3.8, 4) is 0 Å². The summed E-state index contributed by atoms with van der Waals surface area (Å²) in [6, 6.07) is 7.69. The molecular formula is C13H11BrN4O. The Morgan fingerprint density at radius 1 is 1.32 bits per heavy atom. The van der Waals surface area contributed by atoms with Crippen molar-refractivity contribution < 1.29 is 4.52 Å². The normalized spacial score (nSPS) is 10.8. The Morgan fingerprint density at radius 2 is 2.21 bits per heavy atom. The highest BCUT2D eigenvalue weighted by atomic mass is 79.9. The van der Waals surface area contributed by atoms with E-state index in [-0.39, 0.29) is 0 Å². The summed E-state index contributed by atoms with van der Waals surface area (Å²) in [7, 11) is 0. The monoisotopic (exact) mass is 318 g/mol. The Bertz CT molecular complexity index is 707.